The molecule has 0 amide bonds. The fourth-order valence-corrected chi connectivity index (χ4v) is 5.97. The highest BCUT2D eigenvalue weighted by Gasteiger charge is 2.41. The molecule has 202 valence electrons. The molecule has 1 aliphatic carbocycles. The van der Waals surface area contributed by atoms with Crippen LogP contribution in [0.2, 0.25) is 0 Å². The molecule has 2 aliphatic heterocycles. The van der Waals surface area contributed by atoms with Crippen molar-refractivity contribution in [2.24, 2.45) is 16.8 Å². The summed E-state index contributed by atoms with van der Waals surface area (Å²) in [6, 6.07) is 5.60. The van der Waals surface area contributed by atoms with E-state index < -0.39 is 12.6 Å². The average Bonchev–Trinajstić information content (AvgIpc) is 3.29. The van der Waals surface area contributed by atoms with Crippen LogP contribution >= 0.6 is 0 Å². The predicted octanol–water partition coefficient (Wildman–Crippen LogP) is 5.74. The first-order valence-electron chi connectivity index (χ1n) is 13.3. The lowest BCUT2D eigenvalue weighted by molar-refractivity contribution is -0.169. The van der Waals surface area contributed by atoms with E-state index in [1.165, 1.54) is 6.42 Å². The highest BCUT2D eigenvalue weighted by atomic mass is 19.4. The van der Waals surface area contributed by atoms with Crippen LogP contribution in [0, 0.1) is 11.8 Å². The number of nitrogens with zero attached hydrogens (tertiary/aromatic N) is 5. The van der Waals surface area contributed by atoms with Crippen molar-refractivity contribution in [1.29, 1.82) is 0 Å². The number of nitrogens with two attached hydrogens (primary N) is 1. The number of nitrogen functional groups attached to an aromatic ring is 1. The van der Waals surface area contributed by atoms with Gasteiger partial charge in [-0.15, -0.1) is 5.10 Å². The van der Waals surface area contributed by atoms with Gasteiger partial charge in [-0.05, 0) is 76.0 Å². The fraction of sp³-hybridized carbons (Fsp3) is 0.556. The van der Waals surface area contributed by atoms with E-state index in [9.17, 15) is 13.2 Å². The Morgan fingerprint density at radius 2 is 1.95 bits per heavy atom. The van der Waals surface area contributed by atoms with E-state index in [-0.39, 0.29) is 17.9 Å². The zero-order valence-corrected chi connectivity index (χ0v) is 21.4. The number of pyridine rings is 1. The first-order valence-corrected chi connectivity index (χ1v) is 13.3. The molecule has 1 unspecified atom stereocenters. The molecule has 3 aromatic heterocycles. The van der Waals surface area contributed by atoms with Crippen molar-refractivity contribution in [3.05, 3.63) is 30.1 Å². The number of hydrogen-bond donors (Lipinski definition) is 2. The maximum atomic E-state index is 12.8. The molecule has 11 heteroatoms. The van der Waals surface area contributed by atoms with Crippen LogP contribution in [-0.4, -0.2) is 50.2 Å². The summed E-state index contributed by atoms with van der Waals surface area (Å²) in [5.41, 5.74) is 10.7. The van der Waals surface area contributed by atoms with Crippen LogP contribution in [0.3, 0.4) is 0 Å². The molecule has 0 aromatic carbocycles. The van der Waals surface area contributed by atoms with E-state index in [0.717, 1.165) is 44.4 Å². The van der Waals surface area contributed by atoms with Crippen LogP contribution < -0.4 is 11.1 Å². The number of hydrogen-bond acceptors (Lipinski definition) is 7. The second-order valence-corrected chi connectivity index (χ2v) is 10.9. The summed E-state index contributed by atoms with van der Waals surface area (Å²) in [5.74, 6) is 1.09. The predicted molar refractivity (Wildman–Crippen MR) is 140 cm³/mol. The monoisotopic (exact) mass is 527 g/mol. The van der Waals surface area contributed by atoms with E-state index in [0.29, 0.717) is 52.4 Å². The lowest BCUT2D eigenvalue weighted by Gasteiger charge is -2.46. The van der Waals surface area contributed by atoms with Gasteiger partial charge < -0.3 is 15.8 Å². The molecule has 1 spiro atoms. The van der Waals surface area contributed by atoms with Gasteiger partial charge in [0.15, 0.2) is 5.82 Å². The Hall–Kier alpha value is -3.21. The Balaban J connectivity index is 1.17. The van der Waals surface area contributed by atoms with Crippen molar-refractivity contribution in [2.75, 3.05) is 24.2 Å². The smallest absolute Gasteiger partial charge is 0.382 e. The quantitative estimate of drug-likeness (QED) is 0.424. The standard InChI is InChI=1S/C27H32F3N7O/c1-16-18(6-10-27(28,29)30)14-22-21(33-16)3-2-20(34-22)19-7-12-37-23(19)24(31)35-25(36-37)32-15-17-4-8-26(9-5-17)11-13-38-26/h2-3,7,12,17-18H,4-6,8-11,13-15H2,1H3,(H3,31,32,35,36). The van der Waals surface area contributed by atoms with E-state index >= 15 is 0 Å². The summed E-state index contributed by atoms with van der Waals surface area (Å²) in [6.45, 7) is 3.47. The number of rotatable bonds is 6. The Morgan fingerprint density at radius 3 is 2.66 bits per heavy atom. The Morgan fingerprint density at radius 1 is 1.16 bits per heavy atom. The van der Waals surface area contributed by atoms with Crippen LogP contribution in [0.25, 0.3) is 16.8 Å². The molecule has 2 fully saturated rings. The first-order chi connectivity index (χ1) is 18.2. The molecule has 1 saturated heterocycles. The van der Waals surface area contributed by atoms with Crippen molar-refractivity contribution >= 4 is 28.7 Å². The van der Waals surface area contributed by atoms with Gasteiger partial charge in [0.2, 0.25) is 5.95 Å². The van der Waals surface area contributed by atoms with Crippen molar-refractivity contribution in [1.82, 2.24) is 19.6 Å². The summed E-state index contributed by atoms with van der Waals surface area (Å²) in [4.78, 5) is 13.8. The number of fused-ring (bicyclic) bond motifs is 2. The molecular formula is C27H32F3N7O. The third kappa shape index (κ3) is 4.95. The molecule has 8 nitrogen and oxygen atoms in total. The molecule has 3 N–H and O–H groups in total. The second kappa shape index (κ2) is 9.52. The SMILES string of the molecule is CC1=Nc2ccc(-c3ccn4nc(NCC5CCC6(CCO6)CC5)nc(N)c34)nc2CC1CCC(F)(F)F. The molecule has 3 aromatic rings. The molecule has 1 atom stereocenters. The lowest BCUT2D eigenvalue weighted by atomic mass is 9.75. The first kappa shape index (κ1) is 25.1. The van der Waals surface area contributed by atoms with Crippen molar-refractivity contribution in [3.63, 3.8) is 0 Å². The van der Waals surface area contributed by atoms with E-state index in [4.69, 9.17) is 15.5 Å². The zero-order valence-electron chi connectivity index (χ0n) is 21.4. The van der Waals surface area contributed by atoms with Gasteiger partial charge in [0.05, 0.1) is 29.3 Å². The number of aliphatic imine (C=N–C) groups is 1. The summed E-state index contributed by atoms with van der Waals surface area (Å²) in [6.07, 6.45) is 2.91. The van der Waals surface area contributed by atoms with Gasteiger partial charge in [-0.1, -0.05) is 0 Å². The third-order valence-corrected chi connectivity index (χ3v) is 8.40. The van der Waals surface area contributed by atoms with Gasteiger partial charge in [-0.3, -0.25) is 9.98 Å². The number of nitrogens with one attached hydrogen (secondary N) is 1. The van der Waals surface area contributed by atoms with Gasteiger partial charge in [-0.2, -0.15) is 18.2 Å². The molecule has 1 saturated carbocycles. The van der Waals surface area contributed by atoms with Gasteiger partial charge in [0, 0.05) is 36.4 Å². The van der Waals surface area contributed by atoms with Gasteiger partial charge in [0.1, 0.15) is 5.52 Å². The summed E-state index contributed by atoms with van der Waals surface area (Å²) < 4.78 is 45.9. The number of alkyl halides is 3. The van der Waals surface area contributed by atoms with E-state index in [1.807, 2.05) is 24.4 Å². The van der Waals surface area contributed by atoms with Crippen LogP contribution in [-0.2, 0) is 11.2 Å². The molecule has 3 aliphatic rings. The molecule has 5 heterocycles. The minimum atomic E-state index is -4.18. The maximum Gasteiger partial charge on any atom is 0.389 e. The van der Waals surface area contributed by atoms with Crippen LogP contribution in [0.15, 0.2) is 29.4 Å². The Kier molecular flexibility index (Phi) is 6.28. The number of anilines is 2. The highest BCUT2D eigenvalue weighted by molar-refractivity contribution is 5.90. The topological polar surface area (TPSA) is 103 Å². The van der Waals surface area contributed by atoms with E-state index in [1.54, 1.807) is 11.4 Å². The van der Waals surface area contributed by atoms with Crippen LogP contribution in [0.4, 0.5) is 30.6 Å². The molecule has 0 radical (unpaired) electrons. The van der Waals surface area contributed by atoms with Crippen molar-refractivity contribution in [2.45, 2.75) is 70.1 Å². The van der Waals surface area contributed by atoms with Gasteiger partial charge >= 0.3 is 6.18 Å². The molecule has 6 rings (SSSR count). The molecular weight excluding hydrogens is 495 g/mol. The normalized spacial score (nSPS) is 25.2. The highest BCUT2D eigenvalue weighted by Crippen LogP contribution is 2.42. The third-order valence-electron chi connectivity index (χ3n) is 8.40. The summed E-state index contributed by atoms with van der Waals surface area (Å²) >= 11 is 0. The minimum absolute atomic E-state index is 0.00537. The van der Waals surface area contributed by atoms with Crippen molar-refractivity contribution < 1.29 is 17.9 Å². The zero-order chi connectivity index (χ0) is 26.5. The van der Waals surface area contributed by atoms with Gasteiger partial charge in [0.25, 0.3) is 0 Å². The average molecular weight is 528 g/mol. The molecule has 0 bridgehead atoms. The van der Waals surface area contributed by atoms with Crippen LogP contribution in [0.5, 0.6) is 0 Å². The maximum absolute atomic E-state index is 12.8. The number of aromatic nitrogens is 4. The Labute approximate surface area is 218 Å². The largest absolute Gasteiger partial charge is 0.389 e. The number of ether oxygens (including phenoxy) is 1. The molecule has 38 heavy (non-hydrogen) atoms. The van der Waals surface area contributed by atoms with Gasteiger partial charge in [-0.25, -0.2) is 4.52 Å². The summed E-state index contributed by atoms with van der Waals surface area (Å²) in [7, 11) is 0. The number of halogens is 3. The summed E-state index contributed by atoms with van der Waals surface area (Å²) in [5, 5.41) is 7.97. The lowest BCUT2D eigenvalue weighted by Crippen LogP contribution is -2.47. The fourth-order valence-electron chi connectivity index (χ4n) is 5.97. The Bertz CT molecular complexity index is 1370. The second-order valence-electron chi connectivity index (χ2n) is 10.9. The van der Waals surface area contributed by atoms with Crippen LogP contribution in [0.1, 0.15) is 57.6 Å². The van der Waals surface area contributed by atoms with E-state index in [2.05, 4.69) is 20.4 Å². The minimum Gasteiger partial charge on any atom is -0.382 e. The van der Waals surface area contributed by atoms with Crippen molar-refractivity contribution in [3.8, 4) is 11.3 Å².